The second kappa shape index (κ2) is 8.99. The molecule has 29 heavy (non-hydrogen) atoms. The number of fused-ring (bicyclic) bond motifs is 1. The number of ether oxygens (including phenoxy) is 4. The molecule has 0 saturated carbocycles. The average molecular weight is 398 g/mol. The van der Waals surface area contributed by atoms with E-state index in [1.54, 1.807) is 13.2 Å². The molecule has 6 nitrogen and oxygen atoms in total. The summed E-state index contributed by atoms with van der Waals surface area (Å²) < 4.78 is 22.0. The van der Waals surface area contributed by atoms with Crippen molar-refractivity contribution in [1.82, 2.24) is 0 Å². The Morgan fingerprint density at radius 1 is 1.03 bits per heavy atom. The Hall–Kier alpha value is -3.02. The lowest BCUT2D eigenvalue weighted by Gasteiger charge is -2.18. The molecule has 0 saturated heterocycles. The molecule has 0 fully saturated rings. The quantitative estimate of drug-likeness (QED) is 0.620. The van der Waals surface area contributed by atoms with E-state index in [0.717, 1.165) is 35.1 Å². The molecular weight excluding hydrogens is 372 g/mol. The van der Waals surface area contributed by atoms with Crippen LogP contribution in [-0.2, 0) is 16.0 Å². The van der Waals surface area contributed by atoms with E-state index in [1.165, 1.54) is 7.11 Å². The zero-order chi connectivity index (χ0) is 21.0. The fourth-order valence-corrected chi connectivity index (χ4v) is 3.37. The van der Waals surface area contributed by atoms with Crippen LogP contribution in [0.15, 0.2) is 30.3 Å². The smallest absolute Gasteiger partial charge is 0.344 e. The number of methoxy groups -OCH3 is 2. The maximum absolute atomic E-state index is 12.1. The summed E-state index contributed by atoms with van der Waals surface area (Å²) in [5, 5.41) is 0. The molecule has 0 bridgehead atoms. The maximum Gasteiger partial charge on any atom is 0.344 e. The van der Waals surface area contributed by atoms with Gasteiger partial charge < -0.3 is 18.9 Å². The van der Waals surface area contributed by atoms with Crippen molar-refractivity contribution in [3.63, 3.8) is 0 Å². The van der Waals surface area contributed by atoms with E-state index in [4.69, 9.17) is 18.9 Å². The number of esters is 1. The number of carbonyl (C=O) groups is 2. The van der Waals surface area contributed by atoms with E-state index in [0.29, 0.717) is 23.7 Å². The summed E-state index contributed by atoms with van der Waals surface area (Å²) >= 11 is 0. The van der Waals surface area contributed by atoms with Crippen LogP contribution in [0.1, 0.15) is 42.6 Å². The van der Waals surface area contributed by atoms with Gasteiger partial charge in [-0.1, -0.05) is 25.1 Å². The summed E-state index contributed by atoms with van der Waals surface area (Å²) in [6.07, 6.45) is 1.82. The van der Waals surface area contributed by atoms with E-state index in [2.05, 4.69) is 0 Å². The standard InChI is InChI=1S/C23H26O6/c1-5-14(2)29-21(25)13-28-22-18(9-11-20(26-3)23(22)27-4)16-6-8-17-15(12-16)7-10-19(17)24/h6,8-9,11-12,14H,5,7,10,13H2,1-4H3. The first-order valence-electron chi connectivity index (χ1n) is 9.72. The number of aryl methyl sites for hydroxylation is 1. The minimum atomic E-state index is -0.449. The van der Waals surface area contributed by atoms with Gasteiger partial charge in [-0.05, 0) is 43.0 Å². The van der Waals surface area contributed by atoms with Crippen LogP contribution in [0.4, 0.5) is 0 Å². The highest BCUT2D eigenvalue weighted by Crippen LogP contribution is 2.45. The summed E-state index contributed by atoms with van der Waals surface area (Å²) in [6.45, 7) is 3.53. The summed E-state index contributed by atoms with van der Waals surface area (Å²) in [5.74, 6) is 1.02. The van der Waals surface area contributed by atoms with Gasteiger partial charge in [-0.2, -0.15) is 0 Å². The second-order valence-electron chi connectivity index (χ2n) is 6.97. The Labute approximate surface area is 170 Å². The molecule has 6 heteroatoms. The van der Waals surface area contributed by atoms with E-state index < -0.39 is 5.97 Å². The molecule has 0 N–H and O–H groups in total. The molecule has 0 aliphatic heterocycles. The number of hydrogen-bond donors (Lipinski definition) is 0. The molecule has 1 aliphatic carbocycles. The molecule has 0 spiro atoms. The van der Waals surface area contributed by atoms with Gasteiger partial charge in [0.15, 0.2) is 23.9 Å². The van der Waals surface area contributed by atoms with Crippen LogP contribution in [0, 0.1) is 0 Å². The molecule has 0 heterocycles. The van der Waals surface area contributed by atoms with Gasteiger partial charge >= 0.3 is 5.97 Å². The highest BCUT2D eigenvalue weighted by molar-refractivity contribution is 6.01. The molecule has 3 rings (SSSR count). The van der Waals surface area contributed by atoms with E-state index >= 15 is 0 Å². The van der Waals surface area contributed by atoms with Crippen molar-refractivity contribution in [2.75, 3.05) is 20.8 Å². The molecule has 2 aromatic carbocycles. The number of rotatable bonds is 8. The Morgan fingerprint density at radius 3 is 2.48 bits per heavy atom. The van der Waals surface area contributed by atoms with Gasteiger partial charge in [-0.15, -0.1) is 0 Å². The SMILES string of the molecule is CCC(C)OC(=O)COc1c(-c2ccc3c(c2)CCC3=O)ccc(OC)c1OC. The molecule has 2 aromatic rings. The van der Waals surface area contributed by atoms with Gasteiger partial charge in [0, 0.05) is 17.5 Å². The number of Topliss-reactive ketones (excluding diaryl/α,β-unsaturated/α-hetero) is 1. The fraction of sp³-hybridized carbons (Fsp3) is 0.391. The molecular formula is C23H26O6. The normalized spacial score (nSPS) is 13.6. The summed E-state index contributed by atoms with van der Waals surface area (Å²) in [5.41, 5.74) is 3.42. The summed E-state index contributed by atoms with van der Waals surface area (Å²) in [4.78, 5) is 24.1. The monoisotopic (exact) mass is 398 g/mol. The summed E-state index contributed by atoms with van der Waals surface area (Å²) in [6, 6.07) is 9.36. The minimum absolute atomic E-state index is 0.170. The van der Waals surface area contributed by atoms with Gasteiger partial charge in [0.1, 0.15) is 0 Å². The lowest BCUT2D eigenvalue weighted by atomic mass is 9.99. The lowest BCUT2D eigenvalue weighted by molar-refractivity contribution is -0.150. The first-order valence-corrected chi connectivity index (χ1v) is 9.72. The fourth-order valence-electron chi connectivity index (χ4n) is 3.37. The van der Waals surface area contributed by atoms with Crippen molar-refractivity contribution in [3.05, 3.63) is 41.5 Å². The van der Waals surface area contributed by atoms with Gasteiger partial charge in [-0.3, -0.25) is 4.79 Å². The second-order valence-corrected chi connectivity index (χ2v) is 6.97. The predicted molar refractivity (Wildman–Crippen MR) is 109 cm³/mol. The number of ketones is 1. The number of carbonyl (C=O) groups excluding carboxylic acids is 2. The minimum Gasteiger partial charge on any atom is -0.493 e. The summed E-state index contributed by atoms with van der Waals surface area (Å²) in [7, 11) is 3.06. The Balaban J connectivity index is 1.97. The third-order valence-electron chi connectivity index (χ3n) is 5.08. The molecule has 0 aromatic heterocycles. The third kappa shape index (κ3) is 4.36. The molecule has 0 amide bonds. The maximum atomic E-state index is 12.1. The number of benzene rings is 2. The highest BCUT2D eigenvalue weighted by atomic mass is 16.6. The van der Waals surface area contributed by atoms with Gasteiger partial charge in [0.25, 0.3) is 0 Å². The van der Waals surface area contributed by atoms with Crippen molar-refractivity contribution in [1.29, 1.82) is 0 Å². The highest BCUT2D eigenvalue weighted by Gasteiger charge is 2.23. The Bertz CT molecular complexity index is 918. The largest absolute Gasteiger partial charge is 0.493 e. The molecule has 154 valence electrons. The Kier molecular flexibility index (Phi) is 6.42. The van der Waals surface area contributed by atoms with Crippen molar-refractivity contribution < 1.29 is 28.5 Å². The molecule has 0 radical (unpaired) electrons. The van der Waals surface area contributed by atoms with Crippen LogP contribution in [0.3, 0.4) is 0 Å². The van der Waals surface area contributed by atoms with E-state index in [9.17, 15) is 9.59 Å². The zero-order valence-electron chi connectivity index (χ0n) is 17.2. The van der Waals surface area contributed by atoms with Crippen LogP contribution >= 0.6 is 0 Å². The van der Waals surface area contributed by atoms with Crippen molar-refractivity contribution in [2.24, 2.45) is 0 Å². The lowest BCUT2D eigenvalue weighted by Crippen LogP contribution is -2.20. The molecule has 1 aliphatic rings. The van der Waals surface area contributed by atoms with Crippen LogP contribution < -0.4 is 14.2 Å². The first-order chi connectivity index (χ1) is 14.0. The van der Waals surface area contributed by atoms with Crippen molar-refractivity contribution in [2.45, 2.75) is 39.2 Å². The van der Waals surface area contributed by atoms with Crippen LogP contribution in [0.2, 0.25) is 0 Å². The topological polar surface area (TPSA) is 71.1 Å². The van der Waals surface area contributed by atoms with E-state index in [-0.39, 0.29) is 18.5 Å². The molecule has 1 unspecified atom stereocenters. The third-order valence-corrected chi connectivity index (χ3v) is 5.08. The van der Waals surface area contributed by atoms with Crippen LogP contribution in [0.5, 0.6) is 17.2 Å². The van der Waals surface area contributed by atoms with Crippen molar-refractivity contribution >= 4 is 11.8 Å². The van der Waals surface area contributed by atoms with Crippen LogP contribution in [0.25, 0.3) is 11.1 Å². The Morgan fingerprint density at radius 2 is 1.79 bits per heavy atom. The van der Waals surface area contributed by atoms with Gasteiger partial charge in [0.05, 0.1) is 20.3 Å². The van der Waals surface area contributed by atoms with Crippen LogP contribution in [-0.4, -0.2) is 38.7 Å². The van der Waals surface area contributed by atoms with Crippen molar-refractivity contribution in [3.8, 4) is 28.4 Å². The zero-order valence-corrected chi connectivity index (χ0v) is 17.2. The predicted octanol–water partition coefficient (Wildman–Crippen LogP) is 4.22. The average Bonchev–Trinajstić information content (AvgIpc) is 3.11. The molecule has 1 atom stereocenters. The van der Waals surface area contributed by atoms with Gasteiger partial charge in [0.2, 0.25) is 5.75 Å². The first kappa shape index (κ1) is 20.7. The van der Waals surface area contributed by atoms with E-state index in [1.807, 2.05) is 38.1 Å². The van der Waals surface area contributed by atoms with Gasteiger partial charge in [-0.25, -0.2) is 4.79 Å². The number of hydrogen-bond acceptors (Lipinski definition) is 6.